The van der Waals surface area contributed by atoms with Gasteiger partial charge in [-0.15, -0.1) is 0 Å². The Hall–Kier alpha value is -1.78. The molecule has 0 radical (unpaired) electrons. The molecule has 0 spiro atoms. The molecule has 5 heteroatoms. The second-order valence-corrected chi connectivity index (χ2v) is 4.55. The van der Waals surface area contributed by atoms with Gasteiger partial charge in [-0.1, -0.05) is 17.7 Å². The Labute approximate surface area is 121 Å². The van der Waals surface area contributed by atoms with Crippen molar-refractivity contribution in [3.8, 4) is 11.5 Å². The third-order valence-electron chi connectivity index (χ3n) is 2.99. The van der Waals surface area contributed by atoms with E-state index in [1.807, 2.05) is 0 Å². The second-order valence-electron chi connectivity index (χ2n) is 4.14. The maximum absolute atomic E-state index is 13.4. The normalized spacial score (nSPS) is 12.1. The molecule has 0 saturated carbocycles. The lowest BCUT2D eigenvalue weighted by molar-refractivity contribution is 0.209. The monoisotopic (exact) mass is 296 g/mol. The summed E-state index contributed by atoms with van der Waals surface area (Å²) < 4.78 is 23.8. The fourth-order valence-corrected chi connectivity index (χ4v) is 2.30. The van der Waals surface area contributed by atoms with Crippen molar-refractivity contribution in [2.45, 2.75) is 6.10 Å². The first kappa shape index (κ1) is 14.6. The highest BCUT2D eigenvalue weighted by atomic mass is 35.5. The fraction of sp³-hybridized carbons (Fsp3) is 0.200. The van der Waals surface area contributed by atoms with Crippen LogP contribution < -0.4 is 9.47 Å². The molecule has 3 nitrogen and oxygen atoms in total. The van der Waals surface area contributed by atoms with Gasteiger partial charge in [0.15, 0.2) is 0 Å². The van der Waals surface area contributed by atoms with Gasteiger partial charge < -0.3 is 14.6 Å². The minimum Gasteiger partial charge on any atom is -0.496 e. The summed E-state index contributed by atoms with van der Waals surface area (Å²) in [4.78, 5) is 0. The third-order valence-corrected chi connectivity index (χ3v) is 3.32. The van der Waals surface area contributed by atoms with E-state index in [2.05, 4.69) is 0 Å². The number of aliphatic hydroxyl groups excluding tert-OH is 1. The molecule has 2 aromatic carbocycles. The molecule has 0 saturated heterocycles. The second kappa shape index (κ2) is 6.11. The SMILES string of the molecule is COc1ccc(F)cc1C(O)c1c(Cl)cccc1OC. The van der Waals surface area contributed by atoms with Crippen molar-refractivity contribution in [1.82, 2.24) is 0 Å². The molecule has 0 aliphatic carbocycles. The van der Waals surface area contributed by atoms with Crippen LogP contribution in [0.1, 0.15) is 17.2 Å². The van der Waals surface area contributed by atoms with Gasteiger partial charge >= 0.3 is 0 Å². The number of aliphatic hydroxyl groups is 1. The topological polar surface area (TPSA) is 38.7 Å². The molecule has 0 aliphatic heterocycles. The Bertz CT molecular complexity index is 616. The average Bonchev–Trinajstić information content (AvgIpc) is 2.46. The molecule has 0 aromatic heterocycles. The zero-order valence-corrected chi connectivity index (χ0v) is 11.8. The molecule has 0 bridgehead atoms. The van der Waals surface area contributed by atoms with Gasteiger partial charge in [0.2, 0.25) is 0 Å². The fourth-order valence-electron chi connectivity index (χ4n) is 2.03. The van der Waals surface area contributed by atoms with Gasteiger partial charge in [0.1, 0.15) is 23.4 Å². The van der Waals surface area contributed by atoms with E-state index in [0.29, 0.717) is 27.6 Å². The van der Waals surface area contributed by atoms with Gasteiger partial charge in [-0.3, -0.25) is 0 Å². The molecular weight excluding hydrogens is 283 g/mol. The van der Waals surface area contributed by atoms with Crippen molar-refractivity contribution < 1.29 is 19.0 Å². The third kappa shape index (κ3) is 2.71. The Morgan fingerprint density at radius 1 is 1.10 bits per heavy atom. The minimum absolute atomic E-state index is 0.291. The summed E-state index contributed by atoms with van der Waals surface area (Å²) in [6.45, 7) is 0. The number of methoxy groups -OCH3 is 2. The number of benzene rings is 2. The summed E-state index contributed by atoms with van der Waals surface area (Å²) in [6, 6.07) is 8.95. The Morgan fingerprint density at radius 2 is 1.80 bits per heavy atom. The van der Waals surface area contributed by atoms with Crippen LogP contribution in [0.4, 0.5) is 4.39 Å². The van der Waals surface area contributed by atoms with Crippen LogP contribution >= 0.6 is 11.6 Å². The van der Waals surface area contributed by atoms with Crippen molar-refractivity contribution in [1.29, 1.82) is 0 Å². The maximum atomic E-state index is 13.4. The van der Waals surface area contributed by atoms with Crippen LogP contribution in [-0.4, -0.2) is 19.3 Å². The van der Waals surface area contributed by atoms with Crippen molar-refractivity contribution >= 4 is 11.6 Å². The summed E-state index contributed by atoms with van der Waals surface area (Å²) in [7, 11) is 2.93. The van der Waals surface area contributed by atoms with Crippen molar-refractivity contribution in [2.75, 3.05) is 14.2 Å². The molecule has 106 valence electrons. The predicted molar refractivity (Wildman–Crippen MR) is 75.0 cm³/mol. The molecule has 0 fully saturated rings. The van der Waals surface area contributed by atoms with E-state index in [1.54, 1.807) is 18.2 Å². The minimum atomic E-state index is -1.15. The van der Waals surface area contributed by atoms with E-state index in [1.165, 1.54) is 32.4 Å². The van der Waals surface area contributed by atoms with Crippen LogP contribution in [-0.2, 0) is 0 Å². The van der Waals surface area contributed by atoms with Gasteiger partial charge in [-0.25, -0.2) is 4.39 Å². The first-order valence-corrected chi connectivity index (χ1v) is 6.30. The first-order valence-electron chi connectivity index (χ1n) is 5.92. The van der Waals surface area contributed by atoms with Gasteiger partial charge in [0.25, 0.3) is 0 Å². The molecule has 1 atom stereocenters. The van der Waals surface area contributed by atoms with Crippen LogP contribution in [0.15, 0.2) is 36.4 Å². The van der Waals surface area contributed by atoms with E-state index < -0.39 is 11.9 Å². The molecule has 1 N–H and O–H groups in total. The zero-order valence-electron chi connectivity index (χ0n) is 11.1. The first-order chi connectivity index (χ1) is 9.58. The molecule has 1 unspecified atom stereocenters. The summed E-state index contributed by atoms with van der Waals surface area (Å²) in [5.41, 5.74) is 0.666. The predicted octanol–water partition coefficient (Wildman–Crippen LogP) is 3.58. The van der Waals surface area contributed by atoms with Crippen molar-refractivity contribution in [3.05, 3.63) is 58.4 Å². The number of halogens is 2. The highest BCUT2D eigenvalue weighted by Crippen LogP contribution is 2.38. The number of ether oxygens (including phenoxy) is 2. The summed E-state index contributed by atoms with van der Waals surface area (Å²) in [6.07, 6.45) is -1.15. The quantitative estimate of drug-likeness (QED) is 0.937. The lowest BCUT2D eigenvalue weighted by Crippen LogP contribution is -2.06. The van der Waals surface area contributed by atoms with Crippen LogP contribution in [0, 0.1) is 5.82 Å². The van der Waals surface area contributed by atoms with Gasteiger partial charge in [-0.05, 0) is 30.3 Å². The van der Waals surface area contributed by atoms with E-state index in [4.69, 9.17) is 21.1 Å². The Morgan fingerprint density at radius 3 is 2.45 bits per heavy atom. The maximum Gasteiger partial charge on any atom is 0.126 e. The summed E-state index contributed by atoms with van der Waals surface area (Å²) in [5.74, 6) is 0.336. The molecular formula is C15H14ClFO3. The van der Waals surface area contributed by atoms with Crippen LogP contribution in [0.2, 0.25) is 5.02 Å². The van der Waals surface area contributed by atoms with Crippen molar-refractivity contribution in [2.24, 2.45) is 0 Å². The van der Waals surface area contributed by atoms with Crippen LogP contribution in [0.3, 0.4) is 0 Å². The smallest absolute Gasteiger partial charge is 0.126 e. The molecule has 2 rings (SSSR count). The van der Waals surface area contributed by atoms with Crippen molar-refractivity contribution in [3.63, 3.8) is 0 Å². The zero-order chi connectivity index (χ0) is 14.7. The summed E-state index contributed by atoms with van der Waals surface area (Å²) in [5, 5.41) is 10.8. The lowest BCUT2D eigenvalue weighted by Gasteiger charge is -2.18. The lowest BCUT2D eigenvalue weighted by atomic mass is 9.99. The number of hydrogen-bond donors (Lipinski definition) is 1. The standard InChI is InChI=1S/C15H14ClFO3/c1-19-12-7-6-9(17)8-10(12)15(18)14-11(16)4-3-5-13(14)20-2/h3-8,15,18H,1-2H3. The highest BCUT2D eigenvalue weighted by molar-refractivity contribution is 6.31. The number of rotatable bonds is 4. The Balaban J connectivity index is 2.57. The molecule has 0 amide bonds. The van der Waals surface area contributed by atoms with E-state index in [-0.39, 0.29) is 0 Å². The largest absolute Gasteiger partial charge is 0.496 e. The summed E-state index contributed by atoms with van der Waals surface area (Å²) >= 11 is 6.11. The average molecular weight is 297 g/mol. The Kier molecular flexibility index (Phi) is 4.47. The highest BCUT2D eigenvalue weighted by Gasteiger charge is 2.22. The molecule has 2 aromatic rings. The molecule has 0 aliphatic rings. The van der Waals surface area contributed by atoms with Crippen LogP contribution in [0.25, 0.3) is 0 Å². The molecule has 20 heavy (non-hydrogen) atoms. The van der Waals surface area contributed by atoms with E-state index in [0.717, 1.165) is 0 Å². The van der Waals surface area contributed by atoms with E-state index in [9.17, 15) is 9.50 Å². The molecule has 0 heterocycles. The van der Waals surface area contributed by atoms with Gasteiger partial charge in [-0.2, -0.15) is 0 Å². The van der Waals surface area contributed by atoms with Gasteiger partial charge in [0.05, 0.1) is 19.2 Å². The number of hydrogen-bond acceptors (Lipinski definition) is 3. The van der Waals surface area contributed by atoms with E-state index >= 15 is 0 Å². The van der Waals surface area contributed by atoms with Crippen LogP contribution in [0.5, 0.6) is 11.5 Å². The van der Waals surface area contributed by atoms with Gasteiger partial charge in [0, 0.05) is 11.1 Å².